The molecule has 1 aromatic heterocycles. The number of halogens is 1. The largest absolute Gasteiger partial charge is 0.494 e. The monoisotopic (exact) mass is 289 g/mol. The van der Waals surface area contributed by atoms with E-state index in [9.17, 15) is 4.79 Å². The van der Waals surface area contributed by atoms with Crippen molar-refractivity contribution < 1.29 is 9.53 Å². The number of carbonyl (C=O) groups excluding carboxylic acids is 1. The van der Waals surface area contributed by atoms with Gasteiger partial charge in [-0.05, 0) is 30.7 Å². The van der Waals surface area contributed by atoms with Crippen LogP contribution in [0.15, 0.2) is 42.6 Å². The highest BCUT2D eigenvalue weighted by atomic mass is 35.5. The van der Waals surface area contributed by atoms with E-state index in [1.54, 1.807) is 36.5 Å². The molecule has 0 unspecified atom stereocenters. The summed E-state index contributed by atoms with van der Waals surface area (Å²) in [5.74, 6) is 0.549. The van der Waals surface area contributed by atoms with Gasteiger partial charge in [0.05, 0.1) is 12.2 Å². The molecule has 0 saturated heterocycles. The van der Waals surface area contributed by atoms with E-state index in [2.05, 4.69) is 11.9 Å². The Hall–Kier alpha value is -1.87. The summed E-state index contributed by atoms with van der Waals surface area (Å²) in [5.41, 5.74) is 0.953. The van der Waals surface area contributed by atoms with Crippen LogP contribution in [0.1, 0.15) is 35.7 Å². The van der Waals surface area contributed by atoms with Crippen LogP contribution in [-0.2, 0) is 0 Å². The number of ketones is 1. The normalized spacial score (nSPS) is 10.3. The number of benzene rings is 1. The lowest BCUT2D eigenvalue weighted by Crippen LogP contribution is -2.04. The number of pyridine rings is 1. The molecule has 0 aliphatic carbocycles. The first kappa shape index (κ1) is 14.5. The second-order valence-corrected chi connectivity index (χ2v) is 4.76. The average Bonchev–Trinajstić information content (AvgIpc) is 2.48. The molecule has 0 N–H and O–H groups in total. The number of carbonyl (C=O) groups is 1. The van der Waals surface area contributed by atoms with E-state index in [-0.39, 0.29) is 10.9 Å². The number of hydrogen-bond acceptors (Lipinski definition) is 3. The molecule has 0 radical (unpaired) electrons. The summed E-state index contributed by atoms with van der Waals surface area (Å²) in [7, 11) is 0. The van der Waals surface area contributed by atoms with Gasteiger partial charge < -0.3 is 4.74 Å². The number of hydrogen-bond donors (Lipinski definition) is 0. The third kappa shape index (κ3) is 3.58. The first-order valence-corrected chi connectivity index (χ1v) is 6.98. The number of ether oxygens (including phenoxy) is 1. The molecule has 104 valence electrons. The number of rotatable bonds is 6. The van der Waals surface area contributed by atoms with Gasteiger partial charge >= 0.3 is 0 Å². The Kier molecular flexibility index (Phi) is 5.13. The molecular formula is C16H16ClNO2. The van der Waals surface area contributed by atoms with Crippen molar-refractivity contribution in [3.05, 3.63) is 58.9 Å². The Morgan fingerprint density at radius 2 is 2.15 bits per heavy atom. The maximum absolute atomic E-state index is 12.4. The zero-order valence-corrected chi connectivity index (χ0v) is 12.1. The van der Waals surface area contributed by atoms with Crippen LogP contribution in [0.4, 0.5) is 0 Å². The van der Waals surface area contributed by atoms with Crippen molar-refractivity contribution in [1.82, 2.24) is 4.98 Å². The third-order valence-corrected chi connectivity index (χ3v) is 3.17. The maximum atomic E-state index is 12.4. The van der Waals surface area contributed by atoms with Crippen molar-refractivity contribution in [3.8, 4) is 5.75 Å². The van der Waals surface area contributed by atoms with Gasteiger partial charge in [-0.3, -0.25) is 4.79 Å². The summed E-state index contributed by atoms with van der Waals surface area (Å²) in [6.45, 7) is 2.76. The highest BCUT2D eigenvalue weighted by Crippen LogP contribution is 2.20. The molecular weight excluding hydrogens is 274 g/mol. The third-order valence-electron chi connectivity index (χ3n) is 2.87. The van der Waals surface area contributed by atoms with Gasteiger partial charge in [0, 0.05) is 11.8 Å². The molecule has 3 nitrogen and oxygen atoms in total. The topological polar surface area (TPSA) is 39.2 Å². The van der Waals surface area contributed by atoms with Crippen molar-refractivity contribution in [3.63, 3.8) is 0 Å². The zero-order valence-electron chi connectivity index (χ0n) is 11.3. The first-order chi connectivity index (χ1) is 9.72. The maximum Gasteiger partial charge on any atom is 0.196 e. The van der Waals surface area contributed by atoms with Crippen LogP contribution < -0.4 is 4.74 Å². The standard InChI is InChI=1S/C16H16ClNO2/c1-2-3-10-20-13-7-4-6-12(11-13)15(19)14-8-5-9-18-16(14)17/h4-9,11H,2-3,10H2,1H3. The van der Waals surface area contributed by atoms with Gasteiger partial charge in [0.2, 0.25) is 0 Å². The van der Waals surface area contributed by atoms with Gasteiger partial charge in [0.25, 0.3) is 0 Å². The second kappa shape index (κ2) is 7.06. The Balaban J connectivity index is 2.18. The van der Waals surface area contributed by atoms with E-state index in [0.29, 0.717) is 23.5 Å². The second-order valence-electron chi connectivity index (χ2n) is 4.40. The fourth-order valence-electron chi connectivity index (χ4n) is 1.77. The lowest BCUT2D eigenvalue weighted by molar-refractivity contribution is 0.103. The number of nitrogens with zero attached hydrogens (tertiary/aromatic N) is 1. The minimum atomic E-state index is -0.149. The molecule has 0 amide bonds. The van der Waals surface area contributed by atoms with E-state index in [4.69, 9.17) is 16.3 Å². The molecule has 2 rings (SSSR count). The summed E-state index contributed by atoms with van der Waals surface area (Å²) < 4.78 is 5.60. The fourth-order valence-corrected chi connectivity index (χ4v) is 1.98. The van der Waals surface area contributed by atoms with Crippen LogP contribution >= 0.6 is 11.6 Å². The van der Waals surface area contributed by atoms with Crippen molar-refractivity contribution in [2.75, 3.05) is 6.61 Å². The first-order valence-electron chi connectivity index (χ1n) is 6.60. The predicted molar refractivity (Wildman–Crippen MR) is 79.5 cm³/mol. The van der Waals surface area contributed by atoms with Crippen LogP contribution in [-0.4, -0.2) is 17.4 Å². The quantitative estimate of drug-likeness (QED) is 0.456. The SMILES string of the molecule is CCCCOc1cccc(C(=O)c2cccnc2Cl)c1. The molecule has 20 heavy (non-hydrogen) atoms. The molecule has 0 fully saturated rings. The molecule has 1 heterocycles. The minimum Gasteiger partial charge on any atom is -0.494 e. The van der Waals surface area contributed by atoms with Crippen LogP contribution in [0.3, 0.4) is 0 Å². The molecule has 0 aliphatic rings. The van der Waals surface area contributed by atoms with E-state index in [1.165, 1.54) is 0 Å². The van der Waals surface area contributed by atoms with Crippen LogP contribution in [0.2, 0.25) is 5.15 Å². The summed E-state index contributed by atoms with van der Waals surface area (Å²) >= 11 is 5.95. The van der Waals surface area contributed by atoms with Gasteiger partial charge in [-0.25, -0.2) is 4.98 Å². The molecule has 0 saturated carbocycles. The molecule has 4 heteroatoms. The Morgan fingerprint density at radius 3 is 2.90 bits per heavy atom. The van der Waals surface area contributed by atoms with Gasteiger partial charge in [-0.1, -0.05) is 37.1 Å². The molecule has 0 bridgehead atoms. The lowest BCUT2D eigenvalue weighted by Gasteiger charge is -2.07. The van der Waals surface area contributed by atoms with E-state index in [1.807, 2.05) is 6.07 Å². The molecule has 0 spiro atoms. The Bertz CT molecular complexity index is 599. The van der Waals surface area contributed by atoms with Crippen LogP contribution in [0.25, 0.3) is 0 Å². The number of unbranched alkanes of at least 4 members (excludes halogenated alkanes) is 1. The van der Waals surface area contributed by atoms with Gasteiger partial charge in [0.15, 0.2) is 5.78 Å². The van der Waals surface area contributed by atoms with E-state index < -0.39 is 0 Å². The molecule has 2 aromatic rings. The summed E-state index contributed by atoms with van der Waals surface area (Å²) in [5, 5.41) is 0.217. The molecule has 1 aromatic carbocycles. The van der Waals surface area contributed by atoms with Crippen molar-refractivity contribution in [1.29, 1.82) is 0 Å². The Labute approximate surface area is 123 Å². The van der Waals surface area contributed by atoms with Crippen LogP contribution in [0, 0.1) is 0 Å². The van der Waals surface area contributed by atoms with Gasteiger partial charge in [-0.2, -0.15) is 0 Å². The smallest absolute Gasteiger partial charge is 0.196 e. The van der Waals surface area contributed by atoms with Gasteiger partial charge in [0.1, 0.15) is 10.9 Å². The highest BCUT2D eigenvalue weighted by molar-refractivity contribution is 6.33. The van der Waals surface area contributed by atoms with Crippen molar-refractivity contribution in [2.45, 2.75) is 19.8 Å². The highest BCUT2D eigenvalue weighted by Gasteiger charge is 2.13. The van der Waals surface area contributed by atoms with Crippen LogP contribution in [0.5, 0.6) is 5.75 Å². The fraction of sp³-hybridized carbons (Fsp3) is 0.250. The number of aromatic nitrogens is 1. The molecule has 0 atom stereocenters. The van der Waals surface area contributed by atoms with Crippen molar-refractivity contribution >= 4 is 17.4 Å². The van der Waals surface area contributed by atoms with E-state index >= 15 is 0 Å². The summed E-state index contributed by atoms with van der Waals surface area (Å²) in [6.07, 6.45) is 3.62. The average molecular weight is 290 g/mol. The van der Waals surface area contributed by atoms with Gasteiger partial charge in [-0.15, -0.1) is 0 Å². The minimum absolute atomic E-state index is 0.149. The lowest BCUT2D eigenvalue weighted by atomic mass is 10.0. The van der Waals surface area contributed by atoms with Crippen molar-refractivity contribution in [2.24, 2.45) is 0 Å². The predicted octanol–water partition coefficient (Wildman–Crippen LogP) is 4.14. The Morgan fingerprint density at radius 1 is 1.30 bits per heavy atom. The molecule has 0 aliphatic heterocycles. The zero-order chi connectivity index (χ0) is 14.4. The van der Waals surface area contributed by atoms with E-state index in [0.717, 1.165) is 12.8 Å². The summed E-state index contributed by atoms with van der Waals surface area (Å²) in [6, 6.07) is 10.5. The summed E-state index contributed by atoms with van der Waals surface area (Å²) in [4.78, 5) is 16.3.